The maximum atomic E-state index is 11.9. The molecular formula is C21H24N2O. The number of carbonyl (C=O) groups is 1. The topological polar surface area (TPSA) is 23.6 Å². The van der Waals surface area contributed by atoms with Crippen molar-refractivity contribution in [3.8, 4) is 0 Å². The molecule has 0 aliphatic carbocycles. The Morgan fingerprint density at radius 3 is 1.29 bits per heavy atom. The Balaban J connectivity index is 1.96. The van der Waals surface area contributed by atoms with E-state index >= 15 is 0 Å². The van der Waals surface area contributed by atoms with Crippen molar-refractivity contribution >= 4 is 29.3 Å². The van der Waals surface area contributed by atoms with Gasteiger partial charge in [-0.1, -0.05) is 36.4 Å². The van der Waals surface area contributed by atoms with Gasteiger partial charge in [0.25, 0.3) is 0 Å². The van der Waals surface area contributed by atoms with Gasteiger partial charge in [-0.3, -0.25) is 4.79 Å². The molecule has 0 bridgehead atoms. The van der Waals surface area contributed by atoms with Crippen molar-refractivity contribution in [2.75, 3.05) is 38.0 Å². The fraction of sp³-hybridized carbons (Fsp3) is 0.190. The van der Waals surface area contributed by atoms with Crippen molar-refractivity contribution in [1.82, 2.24) is 0 Å². The first-order valence-electron chi connectivity index (χ1n) is 7.90. The lowest BCUT2D eigenvalue weighted by molar-refractivity contribution is -0.110. The molecule has 0 atom stereocenters. The Labute approximate surface area is 144 Å². The molecule has 0 unspecified atom stereocenters. The van der Waals surface area contributed by atoms with E-state index in [0.717, 1.165) is 22.5 Å². The largest absolute Gasteiger partial charge is 0.378 e. The standard InChI is InChI=1S/C21H24N2O/c1-22(2)19-11-5-17(6-12-19)9-15-21(24)16-10-18-7-13-20(14-8-18)23(3)4/h5-16H,1-4H3/b15-9-,16-10-. The zero-order valence-electron chi connectivity index (χ0n) is 14.7. The van der Waals surface area contributed by atoms with E-state index in [-0.39, 0.29) is 5.78 Å². The number of anilines is 2. The van der Waals surface area contributed by atoms with Gasteiger partial charge in [0.15, 0.2) is 5.78 Å². The molecule has 2 aromatic rings. The van der Waals surface area contributed by atoms with E-state index in [1.165, 1.54) is 0 Å². The summed E-state index contributed by atoms with van der Waals surface area (Å²) in [6, 6.07) is 16.1. The first kappa shape index (κ1) is 17.5. The zero-order valence-corrected chi connectivity index (χ0v) is 14.7. The second-order valence-corrected chi connectivity index (χ2v) is 6.04. The van der Waals surface area contributed by atoms with E-state index in [0.29, 0.717) is 0 Å². The number of allylic oxidation sites excluding steroid dienone is 2. The van der Waals surface area contributed by atoms with Crippen LogP contribution in [0.15, 0.2) is 60.7 Å². The third kappa shape index (κ3) is 5.13. The van der Waals surface area contributed by atoms with Crippen molar-refractivity contribution in [2.45, 2.75) is 0 Å². The van der Waals surface area contributed by atoms with Crippen LogP contribution in [0.3, 0.4) is 0 Å². The Bertz CT molecular complexity index is 660. The molecule has 0 aromatic heterocycles. The third-order valence-corrected chi connectivity index (χ3v) is 3.70. The Morgan fingerprint density at radius 1 is 0.667 bits per heavy atom. The summed E-state index contributed by atoms with van der Waals surface area (Å²) in [5.41, 5.74) is 4.30. The maximum absolute atomic E-state index is 11.9. The average molecular weight is 320 g/mol. The molecule has 3 heteroatoms. The van der Waals surface area contributed by atoms with Crippen LogP contribution in [0, 0.1) is 0 Å². The van der Waals surface area contributed by atoms with E-state index in [4.69, 9.17) is 0 Å². The van der Waals surface area contributed by atoms with Crippen molar-refractivity contribution in [1.29, 1.82) is 0 Å². The van der Waals surface area contributed by atoms with Crippen molar-refractivity contribution in [3.63, 3.8) is 0 Å². The molecule has 124 valence electrons. The lowest BCUT2D eigenvalue weighted by atomic mass is 10.1. The minimum absolute atomic E-state index is 0.0247. The monoisotopic (exact) mass is 320 g/mol. The van der Waals surface area contributed by atoms with Crippen LogP contribution in [0.1, 0.15) is 11.1 Å². The SMILES string of the molecule is CN(C)c1ccc(/C=C\C(=O)/C=C\c2ccc(N(C)C)cc2)cc1. The molecule has 0 aliphatic heterocycles. The van der Waals surface area contributed by atoms with Gasteiger partial charge >= 0.3 is 0 Å². The highest BCUT2D eigenvalue weighted by Gasteiger charge is 1.96. The molecule has 0 amide bonds. The quantitative estimate of drug-likeness (QED) is 0.748. The highest BCUT2D eigenvalue weighted by atomic mass is 16.1. The van der Waals surface area contributed by atoms with Crippen LogP contribution < -0.4 is 9.80 Å². The van der Waals surface area contributed by atoms with Crippen LogP contribution in [-0.4, -0.2) is 34.0 Å². The summed E-state index contributed by atoms with van der Waals surface area (Å²) in [5, 5.41) is 0. The fourth-order valence-electron chi connectivity index (χ4n) is 2.18. The molecule has 2 rings (SSSR count). The molecular weight excluding hydrogens is 296 g/mol. The van der Waals surface area contributed by atoms with Gasteiger partial charge in [0, 0.05) is 39.6 Å². The Hall–Kier alpha value is -2.81. The van der Waals surface area contributed by atoms with E-state index in [9.17, 15) is 4.79 Å². The van der Waals surface area contributed by atoms with Crippen LogP contribution in [0.25, 0.3) is 12.2 Å². The van der Waals surface area contributed by atoms with Crippen LogP contribution in [0.4, 0.5) is 11.4 Å². The molecule has 0 spiro atoms. The summed E-state index contributed by atoms with van der Waals surface area (Å²) in [5.74, 6) is -0.0247. The highest BCUT2D eigenvalue weighted by molar-refractivity contribution is 6.04. The molecule has 0 radical (unpaired) electrons. The predicted octanol–water partition coefficient (Wildman–Crippen LogP) is 4.11. The predicted molar refractivity (Wildman–Crippen MR) is 105 cm³/mol. The van der Waals surface area contributed by atoms with Gasteiger partial charge in [0.05, 0.1) is 0 Å². The number of benzene rings is 2. The van der Waals surface area contributed by atoms with Gasteiger partial charge < -0.3 is 9.80 Å². The van der Waals surface area contributed by atoms with Gasteiger partial charge in [-0.25, -0.2) is 0 Å². The van der Waals surface area contributed by atoms with Crippen LogP contribution >= 0.6 is 0 Å². The summed E-state index contributed by atoms with van der Waals surface area (Å²) in [7, 11) is 8.02. The number of ketones is 1. The van der Waals surface area contributed by atoms with Crippen LogP contribution in [0.5, 0.6) is 0 Å². The molecule has 0 saturated heterocycles. The molecule has 24 heavy (non-hydrogen) atoms. The summed E-state index contributed by atoms with van der Waals surface area (Å²) < 4.78 is 0. The third-order valence-electron chi connectivity index (χ3n) is 3.70. The maximum Gasteiger partial charge on any atom is 0.178 e. The van der Waals surface area contributed by atoms with Crippen molar-refractivity contribution in [3.05, 3.63) is 71.8 Å². The highest BCUT2D eigenvalue weighted by Crippen LogP contribution is 2.14. The number of carbonyl (C=O) groups excluding carboxylic acids is 1. The summed E-state index contributed by atoms with van der Waals surface area (Å²) in [6.45, 7) is 0. The Morgan fingerprint density at radius 2 is 1.00 bits per heavy atom. The van der Waals surface area contributed by atoms with E-state index < -0.39 is 0 Å². The molecule has 3 nitrogen and oxygen atoms in total. The van der Waals surface area contributed by atoms with Gasteiger partial charge in [0.1, 0.15) is 0 Å². The second-order valence-electron chi connectivity index (χ2n) is 6.04. The van der Waals surface area contributed by atoms with Crippen molar-refractivity contribution in [2.24, 2.45) is 0 Å². The number of hydrogen-bond acceptors (Lipinski definition) is 3. The van der Waals surface area contributed by atoms with E-state index in [2.05, 4.69) is 0 Å². The second kappa shape index (κ2) is 8.16. The summed E-state index contributed by atoms with van der Waals surface area (Å²) in [4.78, 5) is 16.0. The van der Waals surface area contributed by atoms with E-state index in [1.54, 1.807) is 12.2 Å². The lowest BCUT2D eigenvalue weighted by Gasteiger charge is -2.11. The number of hydrogen-bond donors (Lipinski definition) is 0. The van der Waals surface area contributed by atoms with Crippen LogP contribution in [-0.2, 0) is 4.79 Å². The van der Waals surface area contributed by atoms with Crippen LogP contribution in [0.2, 0.25) is 0 Å². The molecule has 0 fully saturated rings. The molecule has 0 N–H and O–H groups in total. The fourth-order valence-corrected chi connectivity index (χ4v) is 2.18. The zero-order chi connectivity index (χ0) is 17.5. The van der Waals surface area contributed by atoms with E-state index in [1.807, 2.05) is 98.7 Å². The van der Waals surface area contributed by atoms with Gasteiger partial charge in [-0.15, -0.1) is 0 Å². The Kier molecular flexibility index (Phi) is 5.96. The number of rotatable bonds is 6. The molecule has 0 aliphatic rings. The smallest absolute Gasteiger partial charge is 0.178 e. The van der Waals surface area contributed by atoms with Gasteiger partial charge in [-0.2, -0.15) is 0 Å². The average Bonchev–Trinajstić information content (AvgIpc) is 2.58. The minimum atomic E-state index is -0.0247. The molecule has 0 heterocycles. The minimum Gasteiger partial charge on any atom is -0.378 e. The molecule has 2 aromatic carbocycles. The van der Waals surface area contributed by atoms with Gasteiger partial charge in [0.2, 0.25) is 0 Å². The normalized spacial score (nSPS) is 11.2. The first-order valence-corrected chi connectivity index (χ1v) is 7.90. The number of nitrogens with zero attached hydrogens (tertiary/aromatic N) is 2. The van der Waals surface area contributed by atoms with Crippen molar-refractivity contribution < 1.29 is 4.79 Å². The lowest BCUT2D eigenvalue weighted by Crippen LogP contribution is -2.07. The summed E-state index contributed by atoms with van der Waals surface area (Å²) in [6.07, 6.45) is 6.85. The first-order chi connectivity index (χ1) is 11.5. The van der Waals surface area contributed by atoms with Gasteiger partial charge in [-0.05, 0) is 47.5 Å². The summed E-state index contributed by atoms with van der Waals surface area (Å²) >= 11 is 0. The molecule has 0 saturated carbocycles.